The summed E-state index contributed by atoms with van der Waals surface area (Å²) in [6, 6.07) is 15.7. The first-order valence-corrected chi connectivity index (χ1v) is 9.10. The number of para-hydroxylation sites is 1. The molecule has 0 aliphatic carbocycles. The van der Waals surface area contributed by atoms with Crippen LogP contribution in [0.3, 0.4) is 0 Å². The lowest BCUT2D eigenvalue weighted by molar-refractivity contribution is 0.373. The quantitative estimate of drug-likeness (QED) is 0.394. The van der Waals surface area contributed by atoms with Crippen LogP contribution in [0.4, 0.5) is 5.82 Å². The number of aromatic nitrogens is 3. The molecular weight excluding hydrogens is 384 g/mol. The minimum absolute atomic E-state index is 0.0158. The van der Waals surface area contributed by atoms with Crippen molar-refractivity contribution in [2.24, 2.45) is 0 Å². The maximum atomic E-state index is 12.7. The third-order valence-corrected chi connectivity index (χ3v) is 4.96. The number of H-pyrrole nitrogens is 1. The molecule has 0 bridgehead atoms. The smallest absolute Gasteiger partial charge is 0.345 e. The minimum atomic E-state index is -0.502. The van der Waals surface area contributed by atoms with E-state index >= 15 is 0 Å². The lowest BCUT2D eigenvalue weighted by atomic mass is 10.00. The summed E-state index contributed by atoms with van der Waals surface area (Å²) >= 11 is 0. The van der Waals surface area contributed by atoms with Gasteiger partial charge in [-0.1, -0.05) is 24.3 Å². The molecule has 8 nitrogen and oxygen atoms in total. The van der Waals surface area contributed by atoms with Crippen LogP contribution in [-0.2, 0) is 0 Å². The van der Waals surface area contributed by atoms with Gasteiger partial charge in [-0.25, -0.2) is 9.78 Å². The predicted octanol–water partition coefficient (Wildman–Crippen LogP) is 3.69. The number of methoxy groups -OCH3 is 1. The summed E-state index contributed by atoms with van der Waals surface area (Å²) in [6.45, 7) is 0. The molecule has 0 atom stereocenters. The van der Waals surface area contributed by atoms with Crippen LogP contribution >= 0.6 is 0 Å². The molecule has 0 aliphatic heterocycles. The molecule has 0 amide bonds. The molecule has 0 spiro atoms. The predicted molar refractivity (Wildman–Crippen MR) is 113 cm³/mol. The summed E-state index contributed by atoms with van der Waals surface area (Å²) < 4.78 is 10.7. The Morgan fingerprint density at radius 3 is 2.77 bits per heavy atom. The monoisotopic (exact) mass is 400 g/mol. The number of pyridine rings is 1. The molecule has 0 aliphatic rings. The zero-order valence-corrected chi connectivity index (χ0v) is 15.8. The van der Waals surface area contributed by atoms with Crippen molar-refractivity contribution in [2.75, 3.05) is 12.8 Å². The van der Waals surface area contributed by atoms with E-state index in [-0.39, 0.29) is 5.75 Å². The van der Waals surface area contributed by atoms with Crippen molar-refractivity contribution >= 4 is 27.8 Å². The van der Waals surface area contributed by atoms with Crippen LogP contribution < -0.4 is 16.1 Å². The number of phenols is 1. The summed E-state index contributed by atoms with van der Waals surface area (Å²) in [5.41, 5.74) is 8.56. The lowest BCUT2D eigenvalue weighted by Gasteiger charge is -2.10. The SMILES string of the molecule is COc1cc(-c2cc(-c3cc4ccccc4oc3=O)nc3n[nH]c(N)c23)ccc1O. The molecule has 0 saturated carbocycles. The van der Waals surface area contributed by atoms with Crippen molar-refractivity contribution in [3.8, 4) is 33.9 Å². The number of benzene rings is 2. The number of fused-ring (bicyclic) bond motifs is 2. The average Bonchev–Trinajstić information content (AvgIpc) is 3.14. The highest BCUT2D eigenvalue weighted by Crippen LogP contribution is 2.37. The Balaban J connectivity index is 1.80. The van der Waals surface area contributed by atoms with Gasteiger partial charge in [0.05, 0.1) is 23.8 Å². The third kappa shape index (κ3) is 2.74. The van der Waals surface area contributed by atoms with Crippen LogP contribution in [0.1, 0.15) is 0 Å². The fourth-order valence-corrected chi connectivity index (χ4v) is 3.50. The van der Waals surface area contributed by atoms with Gasteiger partial charge >= 0.3 is 5.63 Å². The summed E-state index contributed by atoms with van der Waals surface area (Å²) in [4.78, 5) is 17.2. The van der Waals surface area contributed by atoms with Crippen molar-refractivity contribution in [3.05, 3.63) is 65.0 Å². The molecule has 30 heavy (non-hydrogen) atoms. The number of hydrogen-bond acceptors (Lipinski definition) is 7. The molecule has 8 heteroatoms. The number of anilines is 1. The fourth-order valence-electron chi connectivity index (χ4n) is 3.50. The molecule has 148 valence electrons. The highest BCUT2D eigenvalue weighted by Gasteiger charge is 2.18. The molecule has 0 radical (unpaired) electrons. The van der Waals surface area contributed by atoms with E-state index < -0.39 is 5.63 Å². The molecular formula is C22H16N4O4. The second kappa shape index (κ2) is 6.63. The normalized spacial score (nSPS) is 11.2. The first-order chi connectivity index (χ1) is 14.5. The zero-order chi connectivity index (χ0) is 20.8. The summed E-state index contributed by atoms with van der Waals surface area (Å²) in [6.07, 6.45) is 0. The molecule has 5 rings (SSSR count). The molecule has 0 fully saturated rings. The number of hydrogen-bond donors (Lipinski definition) is 3. The minimum Gasteiger partial charge on any atom is -0.504 e. The molecule has 0 unspecified atom stereocenters. The largest absolute Gasteiger partial charge is 0.504 e. The van der Waals surface area contributed by atoms with Crippen LogP contribution in [0, 0.1) is 0 Å². The van der Waals surface area contributed by atoms with Crippen molar-refractivity contribution in [3.63, 3.8) is 0 Å². The number of nitrogens with zero attached hydrogens (tertiary/aromatic N) is 2. The average molecular weight is 400 g/mol. The van der Waals surface area contributed by atoms with Gasteiger partial charge in [-0.05, 0) is 41.5 Å². The number of nitrogen functional groups attached to an aromatic ring is 1. The third-order valence-electron chi connectivity index (χ3n) is 4.96. The van der Waals surface area contributed by atoms with Gasteiger partial charge in [0.25, 0.3) is 0 Å². The lowest BCUT2D eigenvalue weighted by Crippen LogP contribution is -2.04. The Bertz CT molecular complexity index is 1490. The molecule has 2 aromatic carbocycles. The van der Waals surface area contributed by atoms with E-state index in [0.717, 1.165) is 10.9 Å². The van der Waals surface area contributed by atoms with Crippen molar-refractivity contribution in [2.45, 2.75) is 0 Å². The highest BCUT2D eigenvalue weighted by atomic mass is 16.5. The molecule has 0 saturated heterocycles. The standard InChI is InChI=1S/C22H16N4O4/c1-29-18-9-11(6-7-16(18)27)13-10-15(24-21-19(13)20(23)25-26-21)14-8-12-4-2-3-5-17(12)30-22(14)28/h2-10,27H,1H3,(H3,23,24,25,26). The van der Waals surface area contributed by atoms with Gasteiger partial charge in [0.15, 0.2) is 17.1 Å². The number of nitrogens with one attached hydrogen (secondary N) is 1. The number of ether oxygens (including phenoxy) is 1. The van der Waals surface area contributed by atoms with Crippen LogP contribution in [0.15, 0.2) is 63.8 Å². The number of phenolic OH excluding ortho intramolecular Hbond substituents is 1. The van der Waals surface area contributed by atoms with E-state index in [1.807, 2.05) is 12.1 Å². The topological polar surface area (TPSA) is 127 Å². The summed E-state index contributed by atoms with van der Waals surface area (Å²) in [5.74, 6) is 0.671. The molecule has 5 aromatic rings. The van der Waals surface area contributed by atoms with Gasteiger partial charge in [0.1, 0.15) is 11.4 Å². The molecule has 3 heterocycles. The van der Waals surface area contributed by atoms with Gasteiger partial charge in [0.2, 0.25) is 0 Å². The Hall–Kier alpha value is -4.33. The van der Waals surface area contributed by atoms with E-state index in [0.29, 0.717) is 45.0 Å². The highest BCUT2D eigenvalue weighted by molar-refractivity contribution is 6.01. The van der Waals surface area contributed by atoms with E-state index in [1.165, 1.54) is 13.2 Å². The van der Waals surface area contributed by atoms with E-state index in [9.17, 15) is 9.90 Å². The number of nitrogens with two attached hydrogens (primary N) is 1. The first kappa shape index (κ1) is 17.7. The second-order valence-electron chi connectivity index (χ2n) is 6.76. The van der Waals surface area contributed by atoms with Crippen molar-refractivity contribution < 1.29 is 14.3 Å². The second-order valence-corrected chi connectivity index (χ2v) is 6.76. The van der Waals surface area contributed by atoms with Crippen molar-refractivity contribution in [1.29, 1.82) is 0 Å². The maximum Gasteiger partial charge on any atom is 0.345 e. The van der Waals surface area contributed by atoms with Crippen molar-refractivity contribution in [1.82, 2.24) is 15.2 Å². The summed E-state index contributed by atoms with van der Waals surface area (Å²) in [7, 11) is 1.47. The number of aromatic amines is 1. The van der Waals surface area contributed by atoms with Crippen LogP contribution in [0.25, 0.3) is 44.4 Å². The Kier molecular flexibility index (Phi) is 3.92. The van der Waals surface area contributed by atoms with Crippen LogP contribution in [0.2, 0.25) is 0 Å². The number of aromatic hydroxyl groups is 1. The first-order valence-electron chi connectivity index (χ1n) is 9.10. The molecule has 4 N–H and O–H groups in total. The van der Waals surface area contributed by atoms with Gasteiger partial charge < -0.3 is 20.0 Å². The van der Waals surface area contributed by atoms with Crippen LogP contribution in [0.5, 0.6) is 11.5 Å². The maximum absolute atomic E-state index is 12.7. The Morgan fingerprint density at radius 2 is 1.93 bits per heavy atom. The zero-order valence-electron chi connectivity index (χ0n) is 15.8. The number of rotatable bonds is 3. The Labute approximate surface area is 169 Å². The van der Waals surface area contributed by atoms with E-state index in [1.54, 1.807) is 36.4 Å². The molecule has 3 aromatic heterocycles. The van der Waals surface area contributed by atoms with E-state index in [4.69, 9.17) is 14.9 Å². The van der Waals surface area contributed by atoms with Gasteiger partial charge in [0, 0.05) is 5.39 Å². The van der Waals surface area contributed by atoms with Gasteiger partial charge in [-0.3, -0.25) is 5.10 Å². The van der Waals surface area contributed by atoms with E-state index in [2.05, 4.69) is 15.2 Å². The fraction of sp³-hybridized carbons (Fsp3) is 0.0455. The van der Waals surface area contributed by atoms with Gasteiger partial charge in [-0.2, -0.15) is 5.10 Å². The Morgan fingerprint density at radius 1 is 1.10 bits per heavy atom. The van der Waals surface area contributed by atoms with Crippen LogP contribution in [-0.4, -0.2) is 27.4 Å². The van der Waals surface area contributed by atoms with Gasteiger partial charge in [-0.15, -0.1) is 0 Å². The summed E-state index contributed by atoms with van der Waals surface area (Å²) in [5, 5.41) is 18.2.